The van der Waals surface area contributed by atoms with E-state index in [1.54, 1.807) is 12.1 Å². The van der Waals surface area contributed by atoms with Gasteiger partial charge in [-0.1, -0.05) is 13.0 Å². The van der Waals surface area contributed by atoms with Gasteiger partial charge in [0, 0.05) is 11.4 Å². The molecule has 1 nitrogen and oxygen atoms in total. The number of nitrogens with one attached hydrogen (secondary N) is 1. The molecular weight excluding hydrogens is 201 g/mol. The summed E-state index contributed by atoms with van der Waals surface area (Å²) in [6.07, 6.45) is 2.94. The Bertz CT molecular complexity index is 306. The van der Waals surface area contributed by atoms with Crippen LogP contribution in [0.15, 0.2) is 36.0 Å². The number of alkyl halides is 1. The standard InChI is InChI=1S/C11H13ClFN/c1-2-3-11(8-12)14-10-6-4-9(13)5-7-10/h3-7,14H,2,8H2,1H3/b11-3+. The first-order valence-electron chi connectivity index (χ1n) is 4.54. The van der Waals surface area contributed by atoms with Crippen molar-refractivity contribution in [2.45, 2.75) is 13.3 Å². The molecule has 0 saturated carbocycles. The number of rotatable bonds is 4. The van der Waals surface area contributed by atoms with Crippen LogP contribution in [0.4, 0.5) is 10.1 Å². The van der Waals surface area contributed by atoms with E-state index >= 15 is 0 Å². The van der Waals surface area contributed by atoms with Crippen LogP contribution < -0.4 is 5.32 Å². The van der Waals surface area contributed by atoms with Crippen molar-refractivity contribution in [1.29, 1.82) is 0 Å². The maximum absolute atomic E-state index is 12.6. The fourth-order valence-corrected chi connectivity index (χ4v) is 1.28. The van der Waals surface area contributed by atoms with Crippen LogP contribution in [-0.2, 0) is 0 Å². The molecule has 0 aromatic heterocycles. The Morgan fingerprint density at radius 2 is 2.07 bits per heavy atom. The van der Waals surface area contributed by atoms with Crippen molar-refractivity contribution in [3.8, 4) is 0 Å². The summed E-state index contributed by atoms with van der Waals surface area (Å²) in [5.74, 6) is 0.202. The van der Waals surface area contributed by atoms with Gasteiger partial charge < -0.3 is 5.32 Å². The summed E-state index contributed by atoms with van der Waals surface area (Å²) in [4.78, 5) is 0. The van der Waals surface area contributed by atoms with E-state index in [4.69, 9.17) is 11.6 Å². The summed E-state index contributed by atoms with van der Waals surface area (Å²) < 4.78 is 12.6. The van der Waals surface area contributed by atoms with E-state index in [-0.39, 0.29) is 5.82 Å². The van der Waals surface area contributed by atoms with E-state index in [9.17, 15) is 4.39 Å². The summed E-state index contributed by atoms with van der Waals surface area (Å²) in [6, 6.07) is 6.21. The number of halogens is 2. The van der Waals surface area contributed by atoms with E-state index in [1.165, 1.54) is 12.1 Å². The Morgan fingerprint density at radius 1 is 1.43 bits per heavy atom. The lowest BCUT2D eigenvalue weighted by Crippen LogP contribution is -2.00. The highest BCUT2D eigenvalue weighted by molar-refractivity contribution is 6.19. The highest BCUT2D eigenvalue weighted by Crippen LogP contribution is 2.12. The number of allylic oxidation sites excluding steroid dienone is 2. The van der Waals surface area contributed by atoms with Gasteiger partial charge in [0.15, 0.2) is 0 Å². The number of benzene rings is 1. The zero-order valence-electron chi connectivity index (χ0n) is 8.06. The third-order valence-corrected chi connectivity index (χ3v) is 2.03. The molecule has 0 aliphatic heterocycles. The Balaban J connectivity index is 2.67. The lowest BCUT2D eigenvalue weighted by Gasteiger charge is -2.07. The van der Waals surface area contributed by atoms with Crippen LogP contribution in [0.2, 0.25) is 0 Å². The summed E-state index contributed by atoms with van der Waals surface area (Å²) in [7, 11) is 0. The fraction of sp³-hybridized carbons (Fsp3) is 0.273. The van der Waals surface area contributed by atoms with Crippen molar-refractivity contribution in [3.63, 3.8) is 0 Å². The second kappa shape index (κ2) is 5.66. The van der Waals surface area contributed by atoms with E-state index in [1.807, 2.05) is 13.0 Å². The molecule has 3 heteroatoms. The average molecular weight is 214 g/mol. The van der Waals surface area contributed by atoms with Crippen LogP contribution >= 0.6 is 11.6 Å². The normalized spacial score (nSPS) is 11.5. The first-order chi connectivity index (χ1) is 6.76. The van der Waals surface area contributed by atoms with Gasteiger partial charge in [0.1, 0.15) is 5.82 Å². The topological polar surface area (TPSA) is 12.0 Å². The predicted molar refractivity (Wildman–Crippen MR) is 59.1 cm³/mol. The first-order valence-corrected chi connectivity index (χ1v) is 5.07. The Morgan fingerprint density at radius 3 is 2.57 bits per heavy atom. The van der Waals surface area contributed by atoms with Gasteiger partial charge in [-0.3, -0.25) is 0 Å². The Kier molecular flexibility index (Phi) is 4.47. The smallest absolute Gasteiger partial charge is 0.123 e. The van der Waals surface area contributed by atoms with Gasteiger partial charge in [-0.25, -0.2) is 4.39 Å². The lowest BCUT2D eigenvalue weighted by molar-refractivity contribution is 0.628. The Labute approximate surface area is 88.6 Å². The van der Waals surface area contributed by atoms with Crippen LogP contribution in [0.25, 0.3) is 0 Å². The maximum atomic E-state index is 12.6. The molecule has 0 unspecified atom stereocenters. The quantitative estimate of drug-likeness (QED) is 0.751. The summed E-state index contributed by atoms with van der Waals surface area (Å²) in [6.45, 7) is 2.04. The second-order valence-corrected chi connectivity index (χ2v) is 3.17. The molecule has 0 bridgehead atoms. The molecule has 0 atom stereocenters. The zero-order valence-corrected chi connectivity index (χ0v) is 8.81. The van der Waals surface area contributed by atoms with Gasteiger partial charge in [0.2, 0.25) is 0 Å². The van der Waals surface area contributed by atoms with E-state index in [2.05, 4.69) is 5.32 Å². The molecule has 0 fully saturated rings. The van der Waals surface area contributed by atoms with Crippen LogP contribution in [0.1, 0.15) is 13.3 Å². The lowest BCUT2D eigenvalue weighted by atomic mass is 10.3. The van der Waals surface area contributed by atoms with E-state index in [0.29, 0.717) is 5.88 Å². The molecule has 1 rings (SSSR count). The third kappa shape index (κ3) is 3.38. The molecule has 76 valence electrons. The summed E-state index contributed by atoms with van der Waals surface area (Å²) >= 11 is 5.72. The maximum Gasteiger partial charge on any atom is 0.123 e. The van der Waals surface area contributed by atoms with Crippen LogP contribution in [0, 0.1) is 5.82 Å². The molecule has 1 N–H and O–H groups in total. The first kappa shape index (κ1) is 11.1. The molecule has 0 aliphatic rings. The minimum Gasteiger partial charge on any atom is -0.358 e. The molecule has 1 aromatic rings. The molecule has 0 saturated heterocycles. The third-order valence-electron chi connectivity index (χ3n) is 1.74. The van der Waals surface area contributed by atoms with Crippen LogP contribution in [-0.4, -0.2) is 5.88 Å². The molecule has 0 aliphatic carbocycles. The van der Waals surface area contributed by atoms with Gasteiger partial charge in [-0.2, -0.15) is 0 Å². The minimum absolute atomic E-state index is 0.234. The van der Waals surface area contributed by atoms with Crippen molar-refractivity contribution >= 4 is 17.3 Å². The molecule has 0 spiro atoms. The molecule has 0 amide bonds. The molecule has 1 aromatic carbocycles. The van der Waals surface area contributed by atoms with Crippen molar-refractivity contribution in [2.75, 3.05) is 11.2 Å². The molecule has 0 heterocycles. The van der Waals surface area contributed by atoms with Crippen molar-refractivity contribution in [1.82, 2.24) is 0 Å². The molecular formula is C11H13ClFN. The minimum atomic E-state index is -0.234. The van der Waals surface area contributed by atoms with Crippen molar-refractivity contribution < 1.29 is 4.39 Å². The van der Waals surface area contributed by atoms with Crippen molar-refractivity contribution in [2.24, 2.45) is 0 Å². The van der Waals surface area contributed by atoms with Gasteiger partial charge in [-0.05, 0) is 30.7 Å². The average Bonchev–Trinajstić information content (AvgIpc) is 2.20. The zero-order chi connectivity index (χ0) is 10.4. The highest BCUT2D eigenvalue weighted by atomic mass is 35.5. The predicted octanol–water partition coefficient (Wildman–Crippen LogP) is 3.77. The van der Waals surface area contributed by atoms with E-state index < -0.39 is 0 Å². The molecule has 0 radical (unpaired) electrons. The fourth-order valence-electron chi connectivity index (χ4n) is 1.10. The monoisotopic (exact) mass is 213 g/mol. The van der Waals surface area contributed by atoms with Gasteiger partial charge >= 0.3 is 0 Å². The van der Waals surface area contributed by atoms with Gasteiger partial charge in [0.05, 0.1) is 5.88 Å². The summed E-state index contributed by atoms with van der Waals surface area (Å²) in [5.41, 5.74) is 1.80. The number of anilines is 1. The van der Waals surface area contributed by atoms with E-state index in [0.717, 1.165) is 17.8 Å². The highest BCUT2D eigenvalue weighted by Gasteiger charge is 1.96. The summed E-state index contributed by atoms with van der Waals surface area (Å²) in [5, 5.41) is 3.12. The Hall–Kier alpha value is -1.02. The van der Waals surface area contributed by atoms with Crippen LogP contribution in [0.3, 0.4) is 0 Å². The van der Waals surface area contributed by atoms with Gasteiger partial charge in [0.25, 0.3) is 0 Å². The van der Waals surface area contributed by atoms with Crippen LogP contribution in [0.5, 0.6) is 0 Å². The second-order valence-electron chi connectivity index (χ2n) is 2.90. The van der Waals surface area contributed by atoms with Crippen molar-refractivity contribution in [3.05, 3.63) is 41.9 Å². The number of hydrogen-bond acceptors (Lipinski definition) is 1. The number of hydrogen-bond donors (Lipinski definition) is 1. The largest absolute Gasteiger partial charge is 0.358 e. The molecule has 14 heavy (non-hydrogen) atoms. The SMILES string of the molecule is CC/C=C(\CCl)Nc1ccc(F)cc1. The van der Waals surface area contributed by atoms with Gasteiger partial charge in [-0.15, -0.1) is 11.6 Å².